The van der Waals surface area contributed by atoms with Crippen LogP contribution in [0.4, 0.5) is 14.5 Å². The maximum absolute atomic E-state index is 13.5. The van der Waals surface area contributed by atoms with Crippen LogP contribution in [-0.4, -0.2) is 25.5 Å². The van der Waals surface area contributed by atoms with Crippen molar-refractivity contribution in [2.24, 2.45) is 5.92 Å². The van der Waals surface area contributed by atoms with Crippen molar-refractivity contribution in [1.82, 2.24) is 5.32 Å². The van der Waals surface area contributed by atoms with Crippen LogP contribution >= 0.6 is 0 Å². The van der Waals surface area contributed by atoms with Gasteiger partial charge >= 0.3 is 0 Å². The molecule has 0 aromatic heterocycles. The Labute approximate surface area is 158 Å². The molecule has 2 aromatic carbocycles. The predicted molar refractivity (Wildman–Crippen MR) is 102 cm³/mol. The summed E-state index contributed by atoms with van der Waals surface area (Å²) < 4.78 is 26.6. The lowest BCUT2D eigenvalue weighted by atomic mass is 9.64. The second kappa shape index (κ2) is 7.29. The fraction of sp³-hybridized carbons (Fsp3) is 0.409. The molecule has 4 rings (SSSR count). The summed E-state index contributed by atoms with van der Waals surface area (Å²) in [6.07, 6.45) is 3.80. The quantitative estimate of drug-likeness (QED) is 0.862. The molecule has 0 spiro atoms. The molecule has 1 saturated carbocycles. The van der Waals surface area contributed by atoms with Gasteiger partial charge in [0.2, 0.25) is 5.91 Å². The molecule has 3 nitrogen and oxygen atoms in total. The second-order valence-corrected chi connectivity index (χ2v) is 7.71. The standard InChI is InChI=1S/C22H24F2N2O/c23-19-8-7-18(13-20(19)24)26-12-9-16(15-26)14-25-21(27)22(10-4-11-22)17-5-2-1-3-6-17/h1-3,5-8,13,16H,4,9-12,14-15H2,(H,25,27). The van der Waals surface area contributed by atoms with Gasteiger partial charge in [-0.2, -0.15) is 0 Å². The Hall–Kier alpha value is -2.43. The molecular weight excluding hydrogens is 346 g/mol. The summed E-state index contributed by atoms with van der Waals surface area (Å²) in [4.78, 5) is 15.0. The van der Waals surface area contributed by atoms with E-state index in [4.69, 9.17) is 0 Å². The van der Waals surface area contributed by atoms with Crippen LogP contribution in [0.5, 0.6) is 0 Å². The van der Waals surface area contributed by atoms with Crippen molar-refractivity contribution in [2.45, 2.75) is 31.1 Å². The maximum Gasteiger partial charge on any atom is 0.230 e. The summed E-state index contributed by atoms with van der Waals surface area (Å²) in [6.45, 7) is 2.15. The SMILES string of the molecule is O=C(NCC1CCN(c2ccc(F)c(F)c2)C1)C1(c2ccccc2)CCC1. The lowest BCUT2D eigenvalue weighted by Gasteiger charge is -2.41. The van der Waals surface area contributed by atoms with Gasteiger partial charge in [0.1, 0.15) is 0 Å². The molecule has 2 fully saturated rings. The van der Waals surface area contributed by atoms with E-state index in [2.05, 4.69) is 10.2 Å². The largest absolute Gasteiger partial charge is 0.371 e. The fourth-order valence-corrected chi connectivity index (χ4v) is 4.26. The van der Waals surface area contributed by atoms with Crippen molar-refractivity contribution in [3.63, 3.8) is 0 Å². The van der Waals surface area contributed by atoms with Crippen LogP contribution in [0.1, 0.15) is 31.2 Å². The van der Waals surface area contributed by atoms with Crippen LogP contribution in [0, 0.1) is 17.6 Å². The Morgan fingerprint density at radius 3 is 2.56 bits per heavy atom. The molecule has 1 N–H and O–H groups in total. The molecule has 2 aromatic rings. The van der Waals surface area contributed by atoms with Gasteiger partial charge < -0.3 is 10.2 Å². The minimum Gasteiger partial charge on any atom is -0.371 e. The summed E-state index contributed by atoms with van der Waals surface area (Å²) in [5.41, 5.74) is 1.42. The van der Waals surface area contributed by atoms with E-state index in [1.807, 2.05) is 30.3 Å². The first-order valence-electron chi connectivity index (χ1n) is 9.62. The van der Waals surface area contributed by atoms with Gasteiger partial charge in [-0.15, -0.1) is 0 Å². The van der Waals surface area contributed by atoms with Crippen LogP contribution in [0.3, 0.4) is 0 Å². The first-order valence-corrected chi connectivity index (χ1v) is 9.62. The Bertz CT molecular complexity index is 820. The fourth-order valence-electron chi connectivity index (χ4n) is 4.26. The van der Waals surface area contributed by atoms with Crippen molar-refractivity contribution < 1.29 is 13.6 Å². The number of amides is 1. The molecule has 27 heavy (non-hydrogen) atoms. The highest BCUT2D eigenvalue weighted by atomic mass is 19.2. The topological polar surface area (TPSA) is 32.3 Å². The minimum absolute atomic E-state index is 0.117. The van der Waals surface area contributed by atoms with Crippen LogP contribution in [0.2, 0.25) is 0 Å². The number of carbonyl (C=O) groups is 1. The summed E-state index contributed by atoms with van der Waals surface area (Å²) in [5, 5.41) is 3.16. The Morgan fingerprint density at radius 1 is 1.11 bits per heavy atom. The van der Waals surface area contributed by atoms with Crippen molar-refractivity contribution in [2.75, 3.05) is 24.5 Å². The zero-order valence-corrected chi connectivity index (χ0v) is 15.3. The van der Waals surface area contributed by atoms with Gasteiger partial charge in [-0.1, -0.05) is 36.8 Å². The van der Waals surface area contributed by atoms with E-state index in [1.165, 1.54) is 12.1 Å². The zero-order chi connectivity index (χ0) is 18.9. The van der Waals surface area contributed by atoms with Gasteiger partial charge in [0.05, 0.1) is 5.41 Å². The summed E-state index contributed by atoms with van der Waals surface area (Å²) in [5.74, 6) is -1.21. The first-order chi connectivity index (χ1) is 13.1. The lowest BCUT2D eigenvalue weighted by molar-refractivity contribution is -0.130. The third kappa shape index (κ3) is 3.43. The highest BCUT2D eigenvalue weighted by molar-refractivity contribution is 5.89. The molecule has 142 valence electrons. The Morgan fingerprint density at radius 2 is 1.89 bits per heavy atom. The van der Waals surface area contributed by atoms with E-state index in [0.717, 1.165) is 44.3 Å². The number of nitrogens with zero attached hydrogens (tertiary/aromatic N) is 1. The average Bonchev–Trinajstić information content (AvgIpc) is 3.11. The molecule has 1 amide bonds. The molecule has 1 heterocycles. The van der Waals surface area contributed by atoms with Crippen molar-refractivity contribution in [1.29, 1.82) is 0 Å². The van der Waals surface area contributed by atoms with Crippen molar-refractivity contribution in [3.8, 4) is 0 Å². The van der Waals surface area contributed by atoms with Crippen LogP contribution < -0.4 is 10.2 Å². The highest BCUT2D eigenvalue weighted by Crippen LogP contribution is 2.44. The number of rotatable bonds is 5. The van der Waals surface area contributed by atoms with Crippen LogP contribution in [-0.2, 0) is 10.2 Å². The molecule has 1 unspecified atom stereocenters. The lowest BCUT2D eigenvalue weighted by Crippen LogP contribution is -2.50. The van der Waals surface area contributed by atoms with E-state index in [-0.39, 0.29) is 11.3 Å². The first kappa shape index (κ1) is 18.0. The maximum atomic E-state index is 13.5. The van der Waals surface area contributed by atoms with Crippen LogP contribution in [0.15, 0.2) is 48.5 Å². The van der Waals surface area contributed by atoms with Crippen molar-refractivity contribution >= 4 is 11.6 Å². The predicted octanol–water partition coefficient (Wildman–Crippen LogP) is 4.03. The van der Waals surface area contributed by atoms with E-state index in [0.29, 0.717) is 18.2 Å². The molecule has 1 aliphatic heterocycles. The molecule has 1 atom stereocenters. The Balaban J connectivity index is 1.35. The third-order valence-electron chi connectivity index (χ3n) is 6.07. The van der Waals surface area contributed by atoms with Gasteiger partial charge in [-0.25, -0.2) is 8.78 Å². The smallest absolute Gasteiger partial charge is 0.230 e. The number of halogens is 2. The normalized spacial score (nSPS) is 21.0. The van der Waals surface area contributed by atoms with Gasteiger partial charge in [0, 0.05) is 31.4 Å². The summed E-state index contributed by atoms with van der Waals surface area (Å²) in [7, 11) is 0. The number of hydrogen-bond acceptors (Lipinski definition) is 2. The third-order valence-corrected chi connectivity index (χ3v) is 6.07. The minimum atomic E-state index is -0.825. The zero-order valence-electron chi connectivity index (χ0n) is 15.3. The van der Waals surface area contributed by atoms with Gasteiger partial charge in [0.15, 0.2) is 11.6 Å². The molecular formula is C22H24F2N2O. The second-order valence-electron chi connectivity index (χ2n) is 7.71. The van der Waals surface area contributed by atoms with Crippen LogP contribution in [0.25, 0.3) is 0 Å². The molecule has 0 bridgehead atoms. The Kier molecular flexibility index (Phi) is 4.85. The van der Waals surface area contributed by atoms with E-state index in [1.54, 1.807) is 6.07 Å². The molecule has 1 aliphatic carbocycles. The van der Waals surface area contributed by atoms with E-state index >= 15 is 0 Å². The summed E-state index contributed by atoms with van der Waals surface area (Å²) in [6, 6.07) is 14.0. The number of carbonyl (C=O) groups excluding carboxylic acids is 1. The van der Waals surface area contributed by atoms with Gasteiger partial charge in [0.25, 0.3) is 0 Å². The number of nitrogens with one attached hydrogen (secondary N) is 1. The monoisotopic (exact) mass is 370 g/mol. The molecule has 5 heteroatoms. The van der Waals surface area contributed by atoms with Crippen molar-refractivity contribution in [3.05, 3.63) is 65.7 Å². The highest BCUT2D eigenvalue weighted by Gasteiger charge is 2.45. The molecule has 1 saturated heterocycles. The van der Waals surface area contributed by atoms with E-state index in [9.17, 15) is 13.6 Å². The number of benzene rings is 2. The van der Waals surface area contributed by atoms with Gasteiger partial charge in [-0.05, 0) is 42.9 Å². The van der Waals surface area contributed by atoms with E-state index < -0.39 is 11.6 Å². The van der Waals surface area contributed by atoms with Gasteiger partial charge in [-0.3, -0.25) is 4.79 Å². The average molecular weight is 370 g/mol. The number of anilines is 1. The number of hydrogen-bond donors (Lipinski definition) is 1. The molecule has 0 radical (unpaired) electrons. The summed E-state index contributed by atoms with van der Waals surface area (Å²) >= 11 is 0. The molecule has 2 aliphatic rings.